The van der Waals surface area contributed by atoms with Crippen molar-refractivity contribution in [2.24, 2.45) is 5.73 Å². The van der Waals surface area contributed by atoms with E-state index in [-0.39, 0.29) is 0 Å². The van der Waals surface area contributed by atoms with Crippen molar-refractivity contribution in [2.75, 3.05) is 6.54 Å². The third kappa shape index (κ3) is 1.84. The van der Waals surface area contributed by atoms with Crippen LogP contribution in [-0.4, -0.2) is 11.7 Å². The summed E-state index contributed by atoms with van der Waals surface area (Å²) in [5, 5.41) is 3.82. The van der Waals surface area contributed by atoms with E-state index < -0.39 is 0 Å². The molecule has 0 bridgehead atoms. The molecule has 0 saturated heterocycles. The van der Waals surface area contributed by atoms with Crippen LogP contribution in [0.1, 0.15) is 17.9 Å². The van der Waals surface area contributed by atoms with E-state index in [2.05, 4.69) is 5.16 Å². The molecule has 1 aromatic heterocycles. The fraction of sp³-hybridized carbons (Fsp3) is 0.571. The molecule has 0 aliphatic heterocycles. The van der Waals surface area contributed by atoms with Gasteiger partial charge in [0.05, 0.1) is 5.69 Å². The van der Waals surface area contributed by atoms with Gasteiger partial charge < -0.3 is 10.3 Å². The molecule has 0 saturated carbocycles. The monoisotopic (exact) mass is 140 g/mol. The zero-order chi connectivity index (χ0) is 7.40. The lowest BCUT2D eigenvalue weighted by molar-refractivity contribution is 0.390. The Bertz CT molecular complexity index is 195. The first-order chi connectivity index (χ1) is 4.83. The van der Waals surface area contributed by atoms with E-state index >= 15 is 0 Å². The Hall–Kier alpha value is -0.830. The Labute approximate surface area is 60.2 Å². The van der Waals surface area contributed by atoms with E-state index in [0.717, 1.165) is 24.3 Å². The number of hydrogen-bond donors (Lipinski definition) is 1. The highest BCUT2D eigenvalue weighted by Gasteiger charge is 1.97. The van der Waals surface area contributed by atoms with Gasteiger partial charge in [-0.2, -0.15) is 0 Å². The first-order valence-electron chi connectivity index (χ1n) is 3.45. The van der Waals surface area contributed by atoms with Crippen molar-refractivity contribution in [3.8, 4) is 0 Å². The second kappa shape index (κ2) is 3.37. The molecule has 2 N–H and O–H groups in total. The van der Waals surface area contributed by atoms with Crippen molar-refractivity contribution in [2.45, 2.75) is 19.8 Å². The van der Waals surface area contributed by atoms with Crippen LogP contribution in [-0.2, 0) is 6.42 Å². The van der Waals surface area contributed by atoms with Crippen LogP contribution in [0.15, 0.2) is 10.6 Å². The minimum atomic E-state index is 0.714. The van der Waals surface area contributed by atoms with E-state index in [4.69, 9.17) is 10.3 Å². The van der Waals surface area contributed by atoms with Crippen molar-refractivity contribution in [1.29, 1.82) is 0 Å². The fourth-order valence-electron chi connectivity index (χ4n) is 0.819. The van der Waals surface area contributed by atoms with Crippen LogP contribution >= 0.6 is 0 Å². The maximum absolute atomic E-state index is 5.32. The predicted molar refractivity (Wildman–Crippen MR) is 38.6 cm³/mol. The summed E-state index contributed by atoms with van der Waals surface area (Å²) in [5.41, 5.74) is 6.33. The lowest BCUT2D eigenvalue weighted by Gasteiger charge is -1.88. The van der Waals surface area contributed by atoms with E-state index in [1.807, 2.05) is 13.0 Å². The molecule has 0 unspecified atom stereocenters. The van der Waals surface area contributed by atoms with Gasteiger partial charge in [-0.1, -0.05) is 5.16 Å². The van der Waals surface area contributed by atoms with Crippen LogP contribution in [0.4, 0.5) is 0 Å². The van der Waals surface area contributed by atoms with Crippen LogP contribution in [0, 0.1) is 6.92 Å². The van der Waals surface area contributed by atoms with Crippen LogP contribution in [0.2, 0.25) is 0 Å². The quantitative estimate of drug-likeness (QED) is 0.677. The number of rotatable bonds is 3. The summed E-state index contributed by atoms with van der Waals surface area (Å²) in [6.45, 7) is 2.60. The van der Waals surface area contributed by atoms with E-state index in [1.165, 1.54) is 0 Å². The molecule has 0 amide bonds. The van der Waals surface area contributed by atoms with Crippen molar-refractivity contribution in [3.63, 3.8) is 0 Å². The number of nitrogens with zero attached hydrogens (tertiary/aromatic N) is 1. The average Bonchev–Trinajstić information content (AvgIpc) is 2.31. The Morgan fingerprint density at radius 1 is 1.70 bits per heavy atom. The van der Waals surface area contributed by atoms with Crippen LogP contribution in [0.3, 0.4) is 0 Å². The van der Waals surface area contributed by atoms with Crippen LogP contribution < -0.4 is 5.73 Å². The van der Waals surface area contributed by atoms with Gasteiger partial charge in [-0.05, 0) is 26.3 Å². The Balaban J connectivity index is 2.42. The molecular weight excluding hydrogens is 128 g/mol. The molecule has 10 heavy (non-hydrogen) atoms. The maximum Gasteiger partial charge on any atom is 0.133 e. The Kier molecular flexibility index (Phi) is 2.45. The van der Waals surface area contributed by atoms with Crippen molar-refractivity contribution >= 4 is 0 Å². The predicted octanol–water partition coefficient (Wildman–Crippen LogP) is 0.874. The third-order valence-corrected chi connectivity index (χ3v) is 1.31. The summed E-state index contributed by atoms with van der Waals surface area (Å²) in [4.78, 5) is 0. The largest absolute Gasteiger partial charge is 0.361 e. The topological polar surface area (TPSA) is 52.0 Å². The van der Waals surface area contributed by atoms with Crippen molar-refractivity contribution in [1.82, 2.24) is 5.16 Å². The molecule has 0 aliphatic carbocycles. The van der Waals surface area contributed by atoms with Crippen molar-refractivity contribution in [3.05, 3.63) is 17.5 Å². The molecule has 3 nitrogen and oxygen atoms in total. The normalized spacial score (nSPS) is 10.2. The second-order valence-electron chi connectivity index (χ2n) is 2.32. The molecule has 1 aromatic rings. The highest BCUT2D eigenvalue weighted by molar-refractivity contribution is 5.03. The molecule has 56 valence electrons. The average molecular weight is 140 g/mol. The van der Waals surface area contributed by atoms with Crippen LogP contribution in [0.5, 0.6) is 0 Å². The van der Waals surface area contributed by atoms with Gasteiger partial charge in [0.15, 0.2) is 0 Å². The molecule has 0 fully saturated rings. The highest BCUT2D eigenvalue weighted by Crippen LogP contribution is 2.02. The van der Waals surface area contributed by atoms with Gasteiger partial charge in [-0.25, -0.2) is 0 Å². The zero-order valence-corrected chi connectivity index (χ0v) is 6.13. The number of nitrogens with two attached hydrogens (primary N) is 1. The molecular formula is C7H12N2O. The van der Waals surface area contributed by atoms with Gasteiger partial charge in [0, 0.05) is 6.07 Å². The molecule has 1 heterocycles. The fourth-order valence-corrected chi connectivity index (χ4v) is 0.819. The smallest absolute Gasteiger partial charge is 0.133 e. The molecule has 3 heteroatoms. The number of hydrogen-bond acceptors (Lipinski definition) is 3. The number of aryl methyl sites for hydroxylation is 2. The molecule has 0 atom stereocenters. The maximum atomic E-state index is 5.32. The van der Waals surface area contributed by atoms with E-state index in [1.54, 1.807) is 0 Å². The van der Waals surface area contributed by atoms with Gasteiger partial charge in [-0.3, -0.25) is 0 Å². The first-order valence-corrected chi connectivity index (χ1v) is 3.45. The Morgan fingerprint density at radius 2 is 2.50 bits per heavy atom. The Morgan fingerprint density at radius 3 is 3.00 bits per heavy atom. The minimum absolute atomic E-state index is 0.714. The highest BCUT2D eigenvalue weighted by atomic mass is 16.5. The third-order valence-electron chi connectivity index (χ3n) is 1.31. The summed E-state index contributed by atoms with van der Waals surface area (Å²) < 4.78 is 4.87. The van der Waals surface area contributed by atoms with Gasteiger partial charge in [-0.15, -0.1) is 0 Å². The summed E-state index contributed by atoms with van der Waals surface area (Å²) in [7, 11) is 0. The SMILES string of the molecule is Cc1cc(CCCN)no1. The molecule has 0 radical (unpaired) electrons. The van der Waals surface area contributed by atoms with Gasteiger partial charge >= 0.3 is 0 Å². The molecule has 0 aliphatic rings. The first kappa shape index (κ1) is 7.28. The summed E-state index contributed by atoms with van der Waals surface area (Å²) in [6, 6.07) is 1.94. The van der Waals surface area contributed by atoms with Crippen LogP contribution in [0.25, 0.3) is 0 Å². The summed E-state index contributed by atoms with van der Waals surface area (Å²) >= 11 is 0. The van der Waals surface area contributed by atoms with Gasteiger partial charge in [0.1, 0.15) is 5.76 Å². The molecule has 1 rings (SSSR count). The summed E-state index contributed by atoms with van der Waals surface area (Å²) in [5.74, 6) is 0.868. The zero-order valence-electron chi connectivity index (χ0n) is 6.13. The van der Waals surface area contributed by atoms with Gasteiger partial charge in [0.25, 0.3) is 0 Å². The standard InChI is InChI=1S/C7H12N2O/c1-6-5-7(9-10-6)3-2-4-8/h5H,2-4,8H2,1H3. The molecule has 0 spiro atoms. The summed E-state index contributed by atoms with van der Waals surface area (Å²) in [6.07, 6.45) is 1.90. The lowest BCUT2D eigenvalue weighted by Crippen LogP contribution is -2.00. The lowest BCUT2D eigenvalue weighted by atomic mass is 10.2. The van der Waals surface area contributed by atoms with Crippen molar-refractivity contribution < 1.29 is 4.52 Å². The van der Waals surface area contributed by atoms with E-state index in [0.29, 0.717) is 6.54 Å². The minimum Gasteiger partial charge on any atom is -0.361 e. The second-order valence-corrected chi connectivity index (χ2v) is 2.32. The molecule has 0 aromatic carbocycles. The number of aromatic nitrogens is 1. The van der Waals surface area contributed by atoms with Gasteiger partial charge in [0.2, 0.25) is 0 Å². The van der Waals surface area contributed by atoms with E-state index in [9.17, 15) is 0 Å².